The van der Waals surface area contributed by atoms with Gasteiger partial charge in [-0.25, -0.2) is 0 Å². The van der Waals surface area contributed by atoms with Crippen molar-refractivity contribution >= 4 is 5.78 Å². The van der Waals surface area contributed by atoms with Crippen molar-refractivity contribution in [3.8, 4) is 0 Å². The highest BCUT2D eigenvalue weighted by Gasteiger charge is 1.98. The lowest BCUT2D eigenvalue weighted by Gasteiger charge is -2.04. The van der Waals surface area contributed by atoms with Crippen LogP contribution in [0.3, 0.4) is 0 Å². The number of hydrogen-bond donors (Lipinski definition) is 0. The number of hydrogen-bond acceptors (Lipinski definition) is 1. The molecule has 25 heavy (non-hydrogen) atoms. The first-order chi connectivity index (χ1) is 12.4. The average Bonchev–Trinajstić information content (AvgIpc) is 2.61. The molecule has 1 heteroatoms. The number of ketones is 1. The third-order valence-corrected chi connectivity index (χ3v) is 5.60. The molecule has 0 aromatic rings. The minimum absolute atomic E-state index is 0.342. The van der Waals surface area contributed by atoms with E-state index in [0.29, 0.717) is 5.78 Å². The van der Waals surface area contributed by atoms with Crippen molar-refractivity contribution in [3.63, 3.8) is 0 Å². The molecule has 0 radical (unpaired) electrons. The molecule has 1 aliphatic carbocycles. The van der Waals surface area contributed by atoms with Gasteiger partial charge < -0.3 is 0 Å². The van der Waals surface area contributed by atoms with Crippen LogP contribution >= 0.6 is 0 Å². The van der Waals surface area contributed by atoms with E-state index < -0.39 is 0 Å². The highest BCUT2D eigenvalue weighted by molar-refractivity contribution is 5.89. The molecule has 146 valence electrons. The van der Waals surface area contributed by atoms with Gasteiger partial charge >= 0.3 is 0 Å². The second kappa shape index (κ2) is 18.2. The van der Waals surface area contributed by atoms with Crippen LogP contribution in [0.2, 0.25) is 0 Å². The van der Waals surface area contributed by atoms with Crippen molar-refractivity contribution in [1.29, 1.82) is 0 Å². The van der Waals surface area contributed by atoms with Crippen molar-refractivity contribution in [1.82, 2.24) is 0 Å². The maximum absolute atomic E-state index is 11.8. The molecule has 0 atom stereocenters. The van der Waals surface area contributed by atoms with Gasteiger partial charge in [0.15, 0.2) is 5.78 Å². The minimum Gasteiger partial charge on any atom is -0.295 e. The maximum Gasteiger partial charge on any atom is 0.155 e. The van der Waals surface area contributed by atoms with Gasteiger partial charge in [-0.2, -0.15) is 0 Å². The Labute approximate surface area is 158 Å². The largest absolute Gasteiger partial charge is 0.295 e. The summed E-state index contributed by atoms with van der Waals surface area (Å²) in [5.41, 5.74) is 0. The molecular weight excluding hydrogens is 304 g/mol. The molecule has 0 aromatic carbocycles. The first-order valence-corrected chi connectivity index (χ1v) is 11.6. The average molecular weight is 349 g/mol. The number of allylic oxidation sites excluding steroid dienone is 2. The van der Waals surface area contributed by atoms with Gasteiger partial charge in [0.1, 0.15) is 0 Å². The van der Waals surface area contributed by atoms with Crippen LogP contribution in [0.15, 0.2) is 12.2 Å². The molecule has 1 rings (SSSR count). The van der Waals surface area contributed by atoms with Crippen LogP contribution in [0.1, 0.15) is 135 Å². The normalized spacial score (nSPS) is 23.0. The van der Waals surface area contributed by atoms with Crippen molar-refractivity contribution in [2.75, 3.05) is 0 Å². The zero-order valence-corrected chi connectivity index (χ0v) is 16.9. The SMILES string of the molecule is O=C1C=CCCCCCCCCCCCCCCCCCCCCC1. The van der Waals surface area contributed by atoms with E-state index in [9.17, 15) is 4.79 Å². The summed E-state index contributed by atoms with van der Waals surface area (Å²) in [5, 5.41) is 0. The van der Waals surface area contributed by atoms with Crippen LogP contribution in [0.5, 0.6) is 0 Å². The van der Waals surface area contributed by atoms with Gasteiger partial charge in [-0.1, -0.05) is 115 Å². The Morgan fingerprint density at radius 1 is 0.440 bits per heavy atom. The van der Waals surface area contributed by atoms with E-state index >= 15 is 0 Å². The molecular formula is C24H44O. The Morgan fingerprint density at radius 2 is 0.760 bits per heavy atom. The molecule has 0 aliphatic heterocycles. The van der Waals surface area contributed by atoms with Crippen LogP contribution in [-0.2, 0) is 4.79 Å². The lowest BCUT2D eigenvalue weighted by molar-refractivity contribution is -0.114. The maximum atomic E-state index is 11.8. The number of carbonyl (C=O) groups excluding carboxylic acids is 1. The van der Waals surface area contributed by atoms with Crippen LogP contribution in [-0.4, -0.2) is 5.78 Å². The lowest BCUT2D eigenvalue weighted by Crippen LogP contribution is -1.92. The standard InChI is InChI=1S/C24H44O/c25-24-22-20-18-16-14-12-10-8-6-4-2-1-3-5-7-9-11-13-15-17-19-21-23-24/h20,22H,1-19,21,23H2. The summed E-state index contributed by atoms with van der Waals surface area (Å²) in [7, 11) is 0. The summed E-state index contributed by atoms with van der Waals surface area (Å²) in [4.78, 5) is 11.8. The molecule has 0 saturated carbocycles. The molecule has 0 aromatic heterocycles. The minimum atomic E-state index is 0.342. The highest BCUT2D eigenvalue weighted by Crippen LogP contribution is 2.15. The molecule has 0 heterocycles. The summed E-state index contributed by atoms with van der Waals surface area (Å²) in [6, 6.07) is 0. The van der Waals surface area contributed by atoms with Gasteiger partial charge in [-0.05, 0) is 25.3 Å². The quantitative estimate of drug-likeness (QED) is 0.430. The van der Waals surface area contributed by atoms with Crippen molar-refractivity contribution in [3.05, 3.63) is 12.2 Å². The van der Waals surface area contributed by atoms with Gasteiger partial charge in [0, 0.05) is 6.42 Å². The molecule has 1 nitrogen and oxygen atoms in total. The third kappa shape index (κ3) is 16.6. The summed E-state index contributed by atoms with van der Waals surface area (Å²) >= 11 is 0. The Morgan fingerprint density at radius 3 is 1.16 bits per heavy atom. The lowest BCUT2D eigenvalue weighted by atomic mass is 10.0. The monoisotopic (exact) mass is 348 g/mol. The molecule has 0 bridgehead atoms. The van der Waals surface area contributed by atoms with E-state index in [-0.39, 0.29) is 0 Å². The number of rotatable bonds is 0. The smallest absolute Gasteiger partial charge is 0.155 e. The fourth-order valence-corrected chi connectivity index (χ4v) is 3.86. The second-order valence-electron chi connectivity index (χ2n) is 8.12. The Bertz CT molecular complexity index is 318. The van der Waals surface area contributed by atoms with Gasteiger partial charge in [0.2, 0.25) is 0 Å². The topological polar surface area (TPSA) is 17.1 Å². The molecule has 0 unspecified atom stereocenters. The zero-order chi connectivity index (χ0) is 17.8. The summed E-state index contributed by atoms with van der Waals surface area (Å²) < 4.78 is 0. The fraction of sp³-hybridized carbons (Fsp3) is 0.875. The molecule has 0 saturated heterocycles. The fourth-order valence-electron chi connectivity index (χ4n) is 3.86. The van der Waals surface area contributed by atoms with E-state index in [2.05, 4.69) is 6.08 Å². The Kier molecular flexibility index (Phi) is 16.4. The first kappa shape index (κ1) is 22.5. The van der Waals surface area contributed by atoms with E-state index in [1.165, 1.54) is 116 Å². The van der Waals surface area contributed by atoms with Crippen molar-refractivity contribution < 1.29 is 4.79 Å². The second-order valence-corrected chi connectivity index (χ2v) is 8.12. The van der Waals surface area contributed by atoms with Crippen molar-refractivity contribution in [2.24, 2.45) is 0 Å². The summed E-state index contributed by atoms with van der Waals surface area (Å²) in [6.45, 7) is 0. The molecule has 0 fully saturated rings. The van der Waals surface area contributed by atoms with E-state index in [4.69, 9.17) is 0 Å². The number of carbonyl (C=O) groups is 1. The molecule has 1 aliphatic rings. The predicted molar refractivity (Wildman–Crippen MR) is 111 cm³/mol. The summed E-state index contributed by atoms with van der Waals surface area (Å²) in [6.07, 6.45) is 32.0. The van der Waals surface area contributed by atoms with Crippen LogP contribution in [0.25, 0.3) is 0 Å². The molecule has 0 spiro atoms. The van der Waals surface area contributed by atoms with Gasteiger partial charge in [-0.3, -0.25) is 4.79 Å². The van der Waals surface area contributed by atoms with Gasteiger partial charge in [0.05, 0.1) is 0 Å². The van der Waals surface area contributed by atoms with E-state index in [0.717, 1.165) is 19.3 Å². The highest BCUT2D eigenvalue weighted by atomic mass is 16.1. The van der Waals surface area contributed by atoms with Crippen LogP contribution in [0.4, 0.5) is 0 Å². The van der Waals surface area contributed by atoms with Gasteiger partial charge in [0.25, 0.3) is 0 Å². The van der Waals surface area contributed by atoms with E-state index in [1.807, 2.05) is 6.08 Å². The summed E-state index contributed by atoms with van der Waals surface area (Å²) in [5.74, 6) is 0.342. The van der Waals surface area contributed by atoms with Crippen LogP contribution in [0, 0.1) is 0 Å². The Hall–Kier alpha value is -0.590. The Balaban J connectivity index is 2.13. The molecule has 0 amide bonds. The first-order valence-electron chi connectivity index (χ1n) is 11.6. The molecule has 0 N–H and O–H groups in total. The van der Waals surface area contributed by atoms with Gasteiger partial charge in [-0.15, -0.1) is 0 Å². The van der Waals surface area contributed by atoms with Crippen LogP contribution < -0.4 is 0 Å². The predicted octanol–water partition coefficient (Wildman–Crippen LogP) is 8.32. The third-order valence-electron chi connectivity index (χ3n) is 5.60. The zero-order valence-electron chi connectivity index (χ0n) is 16.9. The van der Waals surface area contributed by atoms with Crippen molar-refractivity contribution in [2.45, 2.75) is 135 Å². The van der Waals surface area contributed by atoms with E-state index in [1.54, 1.807) is 0 Å².